The quantitative estimate of drug-likeness (QED) is 0.786. The summed E-state index contributed by atoms with van der Waals surface area (Å²) < 4.78 is 40.7. The van der Waals surface area contributed by atoms with Gasteiger partial charge in [-0.15, -0.1) is 0 Å². The molecule has 1 atom stereocenters. The molecule has 0 aromatic carbocycles. The lowest BCUT2D eigenvalue weighted by Crippen LogP contribution is -2.46. The lowest BCUT2D eigenvalue weighted by Gasteiger charge is -2.36. The second kappa shape index (κ2) is 6.91. The molecule has 0 aromatic heterocycles. The zero-order chi connectivity index (χ0) is 15.4. The van der Waals surface area contributed by atoms with E-state index < -0.39 is 18.9 Å². The van der Waals surface area contributed by atoms with Gasteiger partial charge in [-0.25, -0.2) is 4.79 Å². The average molecular weight is 313 g/mol. The van der Waals surface area contributed by atoms with Gasteiger partial charge in [0.1, 0.15) is 0 Å². The Balaban J connectivity index is 2.52. The van der Waals surface area contributed by atoms with Crippen molar-refractivity contribution in [3.63, 3.8) is 0 Å². The molecule has 20 heavy (non-hydrogen) atoms. The number of likely N-dealkylation sites (tertiary alicyclic amines) is 1. The van der Waals surface area contributed by atoms with Crippen molar-refractivity contribution < 1.29 is 22.7 Å². The fourth-order valence-electron chi connectivity index (χ4n) is 1.99. The Morgan fingerprint density at radius 3 is 2.50 bits per heavy atom. The Kier molecular flexibility index (Phi) is 6.04. The number of hydrogen-bond acceptors (Lipinski definition) is 3. The minimum atomic E-state index is -4.47. The summed E-state index contributed by atoms with van der Waals surface area (Å²) in [6.45, 7) is 5.19. The standard InChI is InChI=1S/C13H22F3NO2S/c1-12(2,3)20-8-10-6-4-5-7-17(10)11(18)19-9-13(14,15)16/h10H,4-9H2,1-3H3/t10-/m0/s1. The first-order valence-corrected chi connectivity index (χ1v) is 7.71. The van der Waals surface area contributed by atoms with Gasteiger partial charge in [0.05, 0.1) is 0 Å². The van der Waals surface area contributed by atoms with Gasteiger partial charge in [-0.2, -0.15) is 24.9 Å². The van der Waals surface area contributed by atoms with E-state index in [1.54, 1.807) is 11.8 Å². The summed E-state index contributed by atoms with van der Waals surface area (Å²) in [5, 5.41) is 0. The fraction of sp³-hybridized carbons (Fsp3) is 0.923. The van der Waals surface area contributed by atoms with Crippen LogP contribution in [0.25, 0.3) is 0 Å². The van der Waals surface area contributed by atoms with E-state index >= 15 is 0 Å². The number of hydrogen-bond donors (Lipinski definition) is 0. The number of ether oxygens (including phenoxy) is 1. The van der Waals surface area contributed by atoms with E-state index in [1.165, 1.54) is 4.90 Å². The molecule has 1 saturated heterocycles. The summed E-state index contributed by atoms with van der Waals surface area (Å²) in [6.07, 6.45) is -2.68. The molecule has 0 unspecified atom stereocenters. The monoisotopic (exact) mass is 313 g/mol. The highest BCUT2D eigenvalue weighted by molar-refractivity contribution is 8.00. The van der Waals surface area contributed by atoms with Gasteiger partial charge in [0.2, 0.25) is 0 Å². The Morgan fingerprint density at radius 1 is 1.30 bits per heavy atom. The number of halogens is 3. The van der Waals surface area contributed by atoms with Gasteiger partial charge in [0.25, 0.3) is 0 Å². The Bertz CT molecular complexity index is 329. The molecule has 0 bridgehead atoms. The SMILES string of the molecule is CC(C)(C)SC[C@@H]1CCCCN1C(=O)OCC(F)(F)F. The lowest BCUT2D eigenvalue weighted by atomic mass is 10.0. The number of alkyl halides is 3. The number of thioether (sulfide) groups is 1. The van der Waals surface area contributed by atoms with E-state index in [4.69, 9.17) is 0 Å². The van der Waals surface area contributed by atoms with Crippen molar-refractivity contribution in [2.75, 3.05) is 18.9 Å². The molecule has 3 nitrogen and oxygen atoms in total. The topological polar surface area (TPSA) is 29.5 Å². The largest absolute Gasteiger partial charge is 0.440 e. The number of rotatable bonds is 3. The van der Waals surface area contributed by atoms with Gasteiger partial charge in [-0.3, -0.25) is 0 Å². The molecule has 1 fully saturated rings. The molecule has 1 amide bonds. The molecule has 0 saturated carbocycles. The second-order valence-corrected chi connectivity index (χ2v) is 7.78. The average Bonchev–Trinajstić information content (AvgIpc) is 2.32. The third-order valence-corrected chi connectivity index (χ3v) is 4.35. The number of carbonyl (C=O) groups is 1. The normalized spacial score (nSPS) is 20.9. The van der Waals surface area contributed by atoms with Gasteiger partial charge in [0, 0.05) is 23.1 Å². The highest BCUT2D eigenvalue weighted by atomic mass is 32.2. The predicted molar refractivity (Wildman–Crippen MR) is 74.0 cm³/mol. The molecule has 1 aliphatic heterocycles. The number of carbonyl (C=O) groups excluding carboxylic acids is 1. The summed E-state index contributed by atoms with van der Waals surface area (Å²) in [7, 11) is 0. The van der Waals surface area contributed by atoms with Crippen LogP contribution in [-0.2, 0) is 4.74 Å². The first kappa shape index (κ1) is 17.5. The predicted octanol–water partition coefficient (Wildman–Crippen LogP) is 4.07. The molecule has 1 rings (SSSR count). The third kappa shape index (κ3) is 6.72. The van der Waals surface area contributed by atoms with E-state index in [9.17, 15) is 18.0 Å². The van der Waals surface area contributed by atoms with Crippen LogP contribution in [0.2, 0.25) is 0 Å². The Hall–Kier alpha value is -0.590. The smallest absolute Gasteiger partial charge is 0.422 e. The molecule has 0 aromatic rings. The van der Waals surface area contributed by atoms with Gasteiger partial charge < -0.3 is 9.64 Å². The minimum absolute atomic E-state index is 0.0336. The summed E-state index contributed by atoms with van der Waals surface area (Å²) in [6, 6.07) is -0.0336. The maximum Gasteiger partial charge on any atom is 0.422 e. The Labute approximate surface area is 122 Å². The van der Waals surface area contributed by atoms with Crippen LogP contribution in [0.15, 0.2) is 0 Å². The zero-order valence-electron chi connectivity index (χ0n) is 12.1. The lowest BCUT2D eigenvalue weighted by molar-refractivity contribution is -0.163. The van der Waals surface area contributed by atoms with Crippen LogP contribution in [0, 0.1) is 0 Å². The van der Waals surface area contributed by atoms with Crippen LogP contribution in [0.1, 0.15) is 40.0 Å². The van der Waals surface area contributed by atoms with E-state index in [1.807, 2.05) is 0 Å². The Morgan fingerprint density at radius 2 is 1.95 bits per heavy atom. The van der Waals surface area contributed by atoms with Crippen LogP contribution < -0.4 is 0 Å². The van der Waals surface area contributed by atoms with Crippen LogP contribution >= 0.6 is 11.8 Å². The van der Waals surface area contributed by atoms with Crippen molar-refractivity contribution in [3.05, 3.63) is 0 Å². The highest BCUT2D eigenvalue weighted by Gasteiger charge is 2.33. The van der Waals surface area contributed by atoms with Gasteiger partial charge in [0.15, 0.2) is 6.61 Å². The first-order chi connectivity index (χ1) is 9.08. The second-order valence-electron chi connectivity index (χ2n) is 5.94. The molecule has 1 aliphatic rings. The summed E-state index contributed by atoms with van der Waals surface area (Å²) in [4.78, 5) is 13.2. The highest BCUT2D eigenvalue weighted by Crippen LogP contribution is 2.29. The van der Waals surface area contributed by atoms with Crippen molar-refractivity contribution in [2.24, 2.45) is 0 Å². The molecule has 1 heterocycles. The van der Waals surface area contributed by atoms with Crippen LogP contribution in [0.5, 0.6) is 0 Å². The molecule has 0 aliphatic carbocycles. The molecular weight excluding hydrogens is 291 g/mol. The first-order valence-electron chi connectivity index (χ1n) is 6.72. The maximum absolute atomic E-state index is 12.1. The molecule has 0 N–H and O–H groups in total. The van der Waals surface area contributed by atoms with E-state index in [-0.39, 0.29) is 10.8 Å². The summed E-state index contributed by atoms with van der Waals surface area (Å²) in [5.41, 5.74) is 0. The van der Waals surface area contributed by atoms with Gasteiger partial charge >= 0.3 is 12.3 Å². The fourth-order valence-corrected chi connectivity index (χ4v) is 3.03. The van der Waals surface area contributed by atoms with Crippen molar-refractivity contribution in [2.45, 2.75) is 57.0 Å². The van der Waals surface area contributed by atoms with Crippen molar-refractivity contribution in [1.82, 2.24) is 4.90 Å². The van der Waals surface area contributed by atoms with Crippen LogP contribution in [0.4, 0.5) is 18.0 Å². The molecule has 0 spiro atoms. The molecular formula is C13H22F3NO2S. The zero-order valence-corrected chi connectivity index (χ0v) is 12.9. The summed E-state index contributed by atoms with van der Waals surface area (Å²) >= 11 is 1.71. The van der Waals surface area contributed by atoms with Crippen molar-refractivity contribution in [3.8, 4) is 0 Å². The molecule has 118 valence electrons. The number of nitrogens with zero attached hydrogens (tertiary/aromatic N) is 1. The van der Waals surface area contributed by atoms with Gasteiger partial charge in [-0.1, -0.05) is 20.8 Å². The van der Waals surface area contributed by atoms with E-state index in [0.29, 0.717) is 6.54 Å². The van der Waals surface area contributed by atoms with Crippen molar-refractivity contribution >= 4 is 17.9 Å². The number of piperidine rings is 1. The molecule has 0 radical (unpaired) electrons. The van der Waals surface area contributed by atoms with Gasteiger partial charge in [-0.05, 0) is 19.3 Å². The number of amides is 1. The summed E-state index contributed by atoms with van der Waals surface area (Å²) in [5.74, 6) is 0.727. The van der Waals surface area contributed by atoms with Crippen LogP contribution in [-0.4, -0.2) is 46.9 Å². The van der Waals surface area contributed by atoms with E-state index in [0.717, 1.165) is 25.0 Å². The minimum Gasteiger partial charge on any atom is -0.440 e. The van der Waals surface area contributed by atoms with Crippen molar-refractivity contribution in [1.29, 1.82) is 0 Å². The van der Waals surface area contributed by atoms with E-state index in [2.05, 4.69) is 25.5 Å². The van der Waals surface area contributed by atoms with Crippen LogP contribution in [0.3, 0.4) is 0 Å². The maximum atomic E-state index is 12.1. The third-order valence-electron chi connectivity index (χ3n) is 2.93. The molecule has 7 heteroatoms.